The number of ether oxygens (including phenoxy) is 1. The van der Waals surface area contributed by atoms with Gasteiger partial charge in [0.05, 0.1) is 37.1 Å². The van der Waals surface area contributed by atoms with E-state index in [0.717, 1.165) is 23.7 Å². The van der Waals surface area contributed by atoms with Gasteiger partial charge in [-0.05, 0) is 19.1 Å². The van der Waals surface area contributed by atoms with Gasteiger partial charge in [-0.2, -0.15) is 0 Å². The van der Waals surface area contributed by atoms with Crippen molar-refractivity contribution in [2.45, 2.75) is 19.4 Å². The highest BCUT2D eigenvalue weighted by molar-refractivity contribution is 6.11. The summed E-state index contributed by atoms with van der Waals surface area (Å²) in [5, 5.41) is 0. The number of epoxide rings is 1. The number of fused-ring (bicyclic) bond motifs is 1. The molecule has 1 saturated heterocycles. The largest absolute Gasteiger partial charge is 0.371 e. The Hall–Kier alpha value is -1.68. The van der Waals surface area contributed by atoms with E-state index >= 15 is 0 Å². The van der Waals surface area contributed by atoms with Crippen LogP contribution < -0.4 is 4.90 Å². The Balaban J connectivity index is 2.01. The molecule has 2 heterocycles. The van der Waals surface area contributed by atoms with Crippen molar-refractivity contribution in [2.24, 2.45) is 4.99 Å². The van der Waals surface area contributed by atoms with Crippen LogP contribution in [0.2, 0.25) is 0 Å². The second kappa shape index (κ2) is 3.96. The third-order valence-electron chi connectivity index (χ3n) is 2.98. The molecule has 0 bridgehead atoms. The Kier molecular flexibility index (Phi) is 2.44. The van der Waals surface area contributed by atoms with Crippen molar-refractivity contribution in [3.8, 4) is 0 Å². The SMILES string of the molecule is CC1=Nc2ccccc2N(CC2CO2)C(=O)C1. The first-order valence-electron chi connectivity index (χ1n) is 5.79. The van der Waals surface area contributed by atoms with Gasteiger partial charge in [0.2, 0.25) is 5.91 Å². The minimum absolute atomic E-state index is 0.103. The van der Waals surface area contributed by atoms with Gasteiger partial charge in [0.15, 0.2) is 0 Å². The number of hydrogen-bond acceptors (Lipinski definition) is 3. The smallest absolute Gasteiger partial charge is 0.232 e. The zero-order valence-corrected chi connectivity index (χ0v) is 9.72. The molecule has 2 aliphatic rings. The summed E-state index contributed by atoms with van der Waals surface area (Å²) in [7, 11) is 0. The van der Waals surface area contributed by atoms with Crippen LogP contribution in [0.25, 0.3) is 0 Å². The zero-order valence-electron chi connectivity index (χ0n) is 9.72. The highest BCUT2D eigenvalue weighted by Crippen LogP contribution is 2.32. The molecule has 3 rings (SSSR count). The van der Waals surface area contributed by atoms with Crippen LogP contribution in [0.15, 0.2) is 29.3 Å². The first kappa shape index (κ1) is 10.5. The van der Waals surface area contributed by atoms with Crippen LogP contribution in [0.4, 0.5) is 11.4 Å². The van der Waals surface area contributed by atoms with Crippen molar-refractivity contribution < 1.29 is 9.53 Å². The van der Waals surface area contributed by atoms with Crippen molar-refractivity contribution in [1.29, 1.82) is 0 Å². The minimum atomic E-state index is 0.103. The molecule has 0 saturated carbocycles. The van der Waals surface area contributed by atoms with Crippen molar-refractivity contribution in [2.75, 3.05) is 18.1 Å². The van der Waals surface area contributed by atoms with Crippen molar-refractivity contribution >= 4 is 23.0 Å². The molecule has 1 unspecified atom stereocenters. The van der Waals surface area contributed by atoms with Crippen LogP contribution in [0.5, 0.6) is 0 Å². The Bertz CT molecular complexity index is 492. The maximum absolute atomic E-state index is 12.1. The van der Waals surface area contributed by atoms with E-state index < -0.39 is 0 Å². The van der Waals surface area contributed by atoms with Gasteiger partial charge in [-0.15, -0.1) is 0 Å². The lowest BCUT2D eigenvalue weighted by atomic mass is 10.2. The Morgan fingerprint density at radius 1 is 1.47 bits per heavy atom. The van der Waals surface area contributed by atoms with E-state index in [4.69, 9.17) is 4.74 Å². The highest BCUT2D eigenvalue weighted by Gasteiger charge is 2.30. The predicted octanol–water partition coefficient (Wildman–Crippen LogP) is 1.91. The Morgan fingerprint density at radius 3 is 3.00 bits per heavy atom. The maximum Gasteiger partial charge on any atom is 0.232 e. The molecule has 1 amide bonds. The van der Waals surface area contributed by atoms with Gasteiger partial charge in [-0.25, -0.2) is 0 Å². The van der Waals surface area contributed by atoms with E-state index in [1.807, 2.05) is 31.2 Å². The van der Waals surface area contributed by atoms with Crippen molar-refractivity contribution in [3.05, 3.63) is 24.3 Å². The summed E-state index contributed by atoms with van der Waals surface area (Å²) in [5.41, 5.74) is 2.63. The number of nitrogens with zero attached hydrogens (tertiary/aromatic N) is 2. The quantitative estimate of drug-likeness (QED) is 0.728. The predicted molar refractivity (Wildman–Crippen MR) is 65.9 cm³/mol. The molecule has 4 heteroatoms. The van der Waals surface area contributed by atoms with E-state index in [9.17, 15) is 4.79 Å². The number of benzene rings is 1. The van der Waals surface area contributed by atoms with E-state index in [2.05, 4.69) is 4.99 Å². The fourth-order valence-corrected chi connectivity index (χ4v) is 2.06. The molecular weight excluding hydrogens is 216 g/mol. The molecule has 0 aliphatic carbocycles. The van der Waals surface area contributed by atoms with E-state index in [0.29, 0.717) is 13.0 Å². The van der Waals surface area contributed by atoms with Gasteiger partial charge < -0.3 is 9.64 Å². The number of amides is 1. The maximum atomic E-state index is 12.1. The third kappa shape index (κ3) is 2.08. The molecule has 4 nitrogen and oxygen atoms in total. The van der Waals surface area contributed by atoms with Crippen LogP contribution in [0, 0.1) is 0 Å². The normalized spacial score (nSPS) is 22.9. The first-order chi connectivity index (χ1) is 8.24. The molecule has 2 aliphatic heterocycles. The summed E-state index contributed by atoms with van der Waals surface area (Å²) < 4.78 is 5.21. The van der Waals surface area contributed by atoms with Crippen LogP contribution in [-0.2, 0) is 9.53 Å². The summed E-state index contributed by atoms with van der Waals surface area (Å²) in [6, 6.07) is 7.76. The van der Waals surface area contributed by atoms with Gasteiger partial charge in [-0.1, -0.05) is 12.1 Å². The molecule has 0 aromatic heterocycles. The lowest BCUT2D eigenvalue weighted by molar-refractivity contribution is -0.117. The average Bonchev–Trinajstić information content (AvgIpc) is 3.10. The van der Waals surface area contributed by atoms with E-state index in [-0.39, 0.29) is 12.0 Å². The monoisotopic (exact) mass is 230 g/mol. The van der Waals surface area contributed by atoms with Crippen LogP contribution in [0.1, 0.15) is 13.3 Å². The number of para-hydroxylation sites is 2. The van der Waals surface area contributed by atoms with Crippen LogP contribution in [0.3, 0.4) is 0 Å². The van der Waals surface area contributed by atoms with Gasteiger partial charge in [0, 0.05) is 5.71 Å². The van der Waals surface area contributed by atoms with Crippen molar-refractivity contribution in [1.82, 2.24) is 0 Å². The summed E-state index contributed by atoms with van der Waals surface area (Å²) in [6.45, 7) is 3.29. The summed E-state index contributed by atoms with van der Waals surface area (Å²) in [6.07, 6.45) is 0.590. The fourth-order valence-electron chi connectivity index (χ4n) is 2.06. The average molecular weight is 230 g/mol. The molecule has 0 N–H and O–H groups in total. The topological polar surface area (TPSA) is 45.2 Å². The number of aliphatic imine (C=N–C) groups is 1. The molecule has 1 aromatic rings. The zero-order chi connectivity index (χ0) is 11.8. The number of hydrogen-bond donors (Lipinski definition) is 0. The molecule has 88 valence electrons. The summed E-state index contributed by atoms with van der Waals surface area (Å²) >= 11 is 0. The number of carbonyl (C=O) groups excluding carboxylic acids is 1. The number of carbonyl (C=O) groups is 1. The molecule has 17 heavy (non-hydrogen) atoms. The second-order valence-electron chi connectivity index (χ2n) is 4.47. The van der Waals surface area contributed by atoms with Gasteiger partial charge in [-0.3, -0.25) is 9.79 Å². The highest BCUT2D eigenvalue weighted by atomic mass is 16.6. The third-order valence-corrected chi connectivity index (χ3v) is 2.98. The minimum Gasteiger partial charge on any atom is -0.371 e. The molecular formula is C13H14N2O2. The van der Waals surface area contributed by atoms with Gasteiger partial charge in [0.1, 0.15) is 0 Å². The Morgan fingerprint density at radius 2 is 2.24 bits per heavy atom. The summed E-state index contributed by atoms with van der Waals surface area (Å²) in [4.78, 5) is 18.4. The lowest BCUT2D eigenvalue weighted by Crippen LogP contribution is -2.34. The van der Waals surface area contributed by atoms with E-state index in [1.54, 1.807) is 4.90 Å². The van der Waals surface area contributed by atoms with Gasteiger partial charge >= 0.3 is 0 Å². The Labute approximate surface area is 99.9 Å². The van der Waals surface area contributed by atoms with Crippen LogP contribution >= 0.6 is 0 Å². The molecule has 0 spiro atoms. The number of anilines is 1. The standard InChI is InChI=1S/C13H14N2O2/c1-9-6-13(16)15(7-10-8-17-10)12-5-3-2-4-11(12)14-9/h2-5,10H,6-8H2,1H3. The molecule has 1 fully saturated rings. The first-order valence-corrected chi connectivity index (χ1v) is 5.79. The van der Waals surface area contributed by atoms with Crippen molar-refractivity contribution in [3.63, 3.8) is 0 Å². The summed E-state index contributed by atoms with van der Waals surface area (Å²) in [5.74, 6) is 0.103. The molecule has 1 aromatic carbocycles. The fraction of sp³-hybridized carbons (Fsp3) is 0.385. The molecule has 0 radical (unpaired) electrons. The van der Waals surface area contributed by atoms with Crippen LogP contribution in [-0.4, -0.2) is 30.9 Å². The molecule has 1 atom stereocenters. The second-order valence-corrected chi connectivity index (χ2v) is 4.47. The number of rotatable bonds is 2. The lowest BCUT2D eigenvalue weighted by Gasteiger charge is -2.21. The van der Waals surface area contributed by atoms with E-state index in [1.165, 1.54) is 0 Å². The van der Waals surface area contributed by atoms with Gasteiger partial charge in [0.25, 0.3) is 0 Å².